The molecule has 3 heterocycles. The van der Waals surface area contributed by atoms with Crippen LogP contribution in [0.25, 0.3) is 0 Å². The highest BCUT2D eigenvalue weighted by Gasteiger charge is 2.22. The van der Waals surface area contributed by atoms with Crippen molar-refractivity contribution >= 4 is 5.95 Å². The Balaban J connectivity index is 1.39. The number of hydrogen-bond acceptors (Lipinski definition) is 6. The van der Waals surface area contributed by atoms with Crippen LogP contribution in [0, 0.1) is 0 Å². The van der Waals surface area contributed by atoms with Gasteiger partial charge in [-0.25, -0.2) is 9.97 Å². The molecule has 4 rings (SSSR count). The van der Waals surface area contributed by atoms with Gasteiger partial charge in [0.15, 0.2) is 11.5 Å². The molecule has 1 unspecified atom stereocenters. The average Bonchev–Trinajstić information content (AvgIpc) is 2.67. The fraction of sp³-hybridized carbons (Fsp3) is 0.444. The number of fused-ring (bicyclic) bond motifs is 1. The van der Waals surface area contributed by atoms with Crippen molar-refractivity contribution in [3.8, 4) is 11.5 Å². The summed E-state index contributed by atoms with van der Waals surface area (Å²) in [7, 11) is 0. The first kappa shape index (κ1) is 15.2. The van der Waals surface area contributed by atoms with Crippen LogP contribution in [0.15, 0.2) is 36.7 Å². The van der Waals surface area contributed by atoms with Crippen LogP contribution in [0.4, 0.5) is 5.95 Å². The Morgan fingerprint density at radius 1 is 1.12 bits per heavy atom. The van der Waals surface area contributed by atoms with Crippen molar-refractivity contribution < 1.29 is 9.47 Å². The van der Waals surface area contributed by atoms with E-state index < -0.39 is 0 Å². The third kappa shape index (κ3) is 3.28. The van der Waals surface area contributed by atoms with Gasteiger partial charge in [-0.3, -0.25) is 0 Å². The van der Waals surface area contributed by atoms with Crippen molar-refractivity contribution in [3.05, 3.63) is 42.2 Å². The Hall–Kier alpha value is -2.34. The molecular weight excluding hydrogens is 304 g/mol. The minimum atomic E-state index is 0.419. The predicted octanol–water partition coefficient (Wildman–Crippen LogP) is 2.01. The number of hydrogen-bond donors (Lipinski definition) is 1. The number of aromatic nitrogens is 2. The van der Waals surface area contributed by atoms with Crippen molar-refractivity contribution in [2.75, 3.05) is 31.2 Å². The van der Waals surface area contributed by atoms with Crippen LogP contribution in [0.2, 0.25) is 0 Å². The molecule has 0 saturated carbocycles. The molecule has 6 nitrogen and oxygen atoms in total. The molecule has 1 aromatic carbocycles. The van der Waals surface area contributed by atoms with Gasteiger partial charge in [-0.1, -0.05) is 12.1 Å². The molecule has 126 valence electrons. The summed E-state index contributed by atoms with van der Waals surface area (Å²) < 4.78 is 11.4. The van der Waals surface area contributed by atoms with Gasteiger partial charge in [-0.2, -0.15) is 0 Å². The number of nitrogens with one attached hydrogen (secondary N) is 1. The molecule has 0 aliphatic carbocycles. The number of nitrogens with zero attached hydrogens (tertiary/aromatic N) is 3. The first-order valence-electron chi connectivity index (χ1n) is 8.53. The molecule has 2 aliphatic heterocycles. The van der Waals surface area contributed by atoms with Gasteiger partial charge in [0.25, 0.3) is 0 Å². The summed E-state index contributed by atoms with van der Waals surface area (Å²) in [4.78, 5) is 11.0. The first-order valence-corrected chi connectivity index (χ1v) is 8.53. The highest BCUT2D eigenvalue weighted by atomic mass is 16.6. The lowest BCUT2D eigenvalue weighted by molar-refractivity contribution is 0.169. The third-order valence-corrected chi connectivity index (χ3v) is 4.49. The van der Waals surface area contributed by atoms with Gasteiger partial charge in [-0.05, 0) is 25.0 Å². The van der Waals surface area contributed by atoms with Gasteiger partial charge in [0.2, 0.25) is 5.95 Å². The normalized spacial score (nSPS) is 20.0. The molecule has 2 aliphatic rings. The number of ether oxygens (including phenoxy) is 2. The number of para-hydroxylation sites is 1. The van der Waals surface area contributed by atoms with E-state index in [4.69, 9.17) is 9.47 Å². The maximum atomic E-state index is 5.79. The lowest BCUT2D eigenvalue weighted by Gasteiger charge is -2.33. The molecule has 1 aromatic heterocycles. The van der Waals surface area contributed by atoms with Crippen molar-refractivity contribution in [1.29, 1.82) is 0 Å². The van der Waals surface area contributed by atoms with E-state index in [-0.39, 0.29) is 0 Å². The molecule has 6 heteroatoms. The van der Waals surface area contributed by atoms with Crippen molar-refractivity contribution in [2.45, 2.75) is 25.4 Å². The molecule has 1 N–H and O–H groups in total. The lowest BCUT2D eigenvalue weighted by Crippen LogP contribution is -2.46. The molecular formula is C18H22N4O2. The van der Waals surface area contributed by atoms with E-state index in [1.165, 1.54) is 0 Å². The molecule has 24 heavy (non-hydrogen) atoms. The SMILES string of the molecule is c1cnc(N2CCCC(NCc3cccc4c3OCCO4)C2)nc1. The van der Waals surface area contributed by atoms with E-state index in [0.717, 1.165) is 55.5 Å². The highest BCUT2D eigenvalue weighted by molar-refractivity contribution is 5.47. The van der Waals surface area contributed by atoms with Crippen LogP contribution < -0.4 is 19.7 Å². The maximum absolute atomic E-state index is 5.79. The van der Waals surface area contributed by atoms with E-state index in [9.17, 15) is 0 Å². The largest absolute Gasteiger partial charge is 0.486 e. The van der Waals surface area contributed by atoms with Crippen molar-refractivity contribution in [1.82, 2.24) is 15.3 Å². The topological polar surface area (TPSA) is 59.5 Å². The Kier molecular flexibility index (Phi) is 4.46. The second-order valence-electron chi connectivity index (χ2n) is 6.16. The second-order valence-corrected chi connectivity index (χ2v) is 6.16. The zero-order valence-corrected chi connectivity index (χ0v) is 13.6. The molecule has 0 spiro atoms. The van der Waals surface area contributed by atoms with Gasteiger partial charge >= 0.3 is 0 Å². The molecule has 2 aromatic rings. The Morgan fingerprint density at radius 2 is 2.00 bits per heavy atom. The molecule has 0 radical (unpaired) electrons. The van der Waals surface area contributed by atoms with E-state index >= 15 is 0 Å². The summed E-state index contributed by atoms with van der Waals surface area (Å²) in [5.74, 6) is 2.55. The van der Waals surface area contributed by atoms with Gasteiger partial charge in [0, 0.05) is 43.6 Å². The summed E-state index contributed by atoms with van der Waals surface area (Å²) in [6.45, 7) is 3.96. The summed E-state index contributed by atoms with van der Waals surface area (Å²) in [6, 6.07) is 8.36. The number of piperidine rings is 1. The summed E-state index contributed by atoms with van der Waals surface area (Å²) in [5, 5.41) is 3.65. The van der Waals surface area contributed by atoms with E-state index in [1.807, 2.05) is 18.2 Å². The monoisotopic (exact) mass is 326 g/mol. The highest BCUT2D eigenvalue weighted by Crippen LogP contribution is 2.33. The summed E-state index contributed by atoms with van der Waals surface area (Å²) >= 11 is 0. The van der Waals surface area contributed by atoms with Gasteiger partial charge < -0.3 is 19.7 Å². The summed E-state index contributed by atoms with van der Waals surface area (Å²) in [6.07, 6.45) is 5.90. The van der Waals surface area contributed by atoms with E-state index in [2.05, 4.69) is 26.3 Å². The van der Waals surface area contributed by atoms with Crippen LogP contribution >= 0.6 is 0 Å². The number of anilines is 1. The predicted molar refractivity (Wildman–Crippen MR) is 91.5 cm³/mol. The van der Waals surface area contributed by atoms with E-state index in [0.29, 0.717) is 19.3 Å². The van der Waals surface area contributed by atoms with Gasteiger partial charge in [-0.15, -0.1) is 0 Å². The second kappa shape index (κ2) is 7.05. The van der Waals surface area contributed by atoms with Crippen LogP contribution in [-0.4, -0.2) is 42.3 Å². The van der Waals surface area contributed by atoms with Crippen LogP contribution in [0.5, 0.6) is 11.5 Å². The zero-order valence-electron chi connectivity index (χ0n) is 13.6. The van der Waals surface area contributed by atoms with Crippen LogP contribution in [0.3, 0.4) is 0 Å². The van der Waals surface area contributed by atoms with Gasteiger partial charge in [0.1, 0.15) is 13.2 Å². The standard InChI is InChI=1S/C18H22N4O2/c1-4-14(17-16(6-1)23-10-11-24-17)12-21-15-5-2-9-22(13-15)18-19-7-3-8-20-18/h1,3-4,6-8,15,21H,2,5,9-13H2. The molecule has 1 saturated heterocycles. The quantitative estimate of drug-likeness (QED) is 0.927. The maximum Gasteiger partial charge on any atom is 0.225 e. The minimum absolute atomic E-state index is 0.419. The summed E-state index contributed by atoms with van der Waals surface area (Å²) in [5.41, 5.74) is 1.15. The van der Waals surface area contributed by atoms with Crippen LogP contribution in [0.1, 0.15) is 18.4 Å². The first-order chi connectivity index (χ1) is 11.9. The Labute approximate surface area is 141 Å². The van der Waals surface area contributed by atoms with Gasteiger partial charge in [0.05, 0.1) is 0 Å². The fourth-order valence-electron chi connectivity index (χ4n) is 3.31. The molecule has 1 fully saturated rings. The smallest absolute Gasteiger partial charge is 0.225 e. The average molecular weight is 326 g/mol. The zero-order chi connectivity index (χ0) is 16.2. The third-order valence-electron chi connectivity index (χ3n) is 4.49. The number of benzene rings is 1. The van der Waals surface area contributed by atoms with E-state index in [1.54, 1.807) is 12.4 Å². The fourth-order valence-corrected chi connectivity index (χ4v) is 3.31. The number of rotatable bonds is 4. The molecule has 1 atom stereocenters. The van der Waals surface area contributed by atoms with Crippen LogP contribution in [-0.2, 0) is 6.54 Å². The van der Waals surface area contributed by atoms with Crippen molar-refractivity contribution in [3.63, 3.8) is 0 Å². The van der Waals surface area contributed by atoms with Crippen molar-refractivity contribution in [2.24, 2.45) is 0 Å². The minimum Gasteiger partial charge on any atom is -0.486 e. The Morgan fingerprint density at radius 3 is 2.92 bits per heavy atom. The molecule has 0 amide bonds. The Bertz CT molecular complexity index is 680. The lowest BCUT2D eigenvalue weighted by atomic mass is 10.1. The molecule has 0 bridgehead atoms.